The van der Waals surface area contributed by atoms with E-state index in [9.17, 15) is 15.3 Å². The zero-order valence-corrected chi connectivity index (χ0v) is 15.5. The number of hydrogen-bond acceptors (Lipinski definition) is 4. The molecule has 0 N–H and O–H groups in total. The van der Waals surface area contributed by atoms with Gasteiger partial charge >= 0.3 is 0 Å². The molecule has 0 aromatic rings. The average molecular weight is 325 g/mol. The molecule has 24 heavy (non-hydrogen) atoms. The minimum Gasteiger partial charge on any atom is -0.374 e. The maximum absolute atomic E-state index is 12.8. The largest absolute Gasteiger partial charge is 0.374 e. The molecule has 0 amide bonds. The van der Waals surface area contributed by atoms with Gasteiger partial charge in [-0.1, -0.05) is 34.6 Å². The first kappa shape index (κ1) is 18.3. The quantitative estimate of drug-likeness (QED) is 0.566. The third kappa shape index (κ3) is 3.54. The van der Waals surface area contributed by atoms with E-state index in [-0.39, 0.29) is 16.8 Å². The summed E-state index contributed by atoms with van der Waals surface area (Å²) in [6, 6.07) is 4.43. The number of hydrogen-bond donors (Lipinski definition) is 0. The number of Topliss-reactive ketones (excluding diaryl/α,β-unsaturated/α-hetero) is 1. The van der Waals surface area contributed by atoms with E-state index in [1.807, 2.05) is 20.8 Å². The molecule has 0 radical (unpaired) electrons. The molecule has 4 nitrogen and oxygen atoms in total. The van der Waals surface area contributed by atoms with Gasteiger partial charge < -0.3 is 4.90 Å². The highest BCUT2D eigenvalue weighted by molar-refractivity contribution is 6.04. The van der Waals surface area contributed by atoms with E-state index in [4.69, 9.17) is 0 Å². The Morgan fingerprint density at radius 3 is 2.17 bits per heavy atom. The van der Waals surface area contributed by atoms with Crippen LogP contribution in [0.4, 0.5) is 0 Å². The van der Waals surface area contributed by atoms with E-state index in [1.54, 1.807) is 0 Å². The van der Waals surface area contributed by atoms with Gasteiger partial charge in [0.05, 0.1) is 5.57 Å². The Labute approximate surface area is 145 Å². The standard InChI is InChI=1S/C20H27N3O/c1-19(2,3)18(24)16(13-22)14-10-20(4,5)11-17(15(14)12-21)23-8-6-7-9-23/h6-11H2,1-5H3/b16-14+. The van der Waals surface area contributed by atoms with Crippen molar-refractivity contribution in [1.29, 1.82) is 10.5 Å². The zero-order valence-electron chi connectivity index (χ0n) is 15.5. The molecule has 128 valence electrons. The van der Waals surface area contributed by atoms with Crippen molar-refractivity contribution in [2.24, 2.45) is 10.8 Å². The summed E-state index contributed by atoms with van der Waals surface area (Å²) in [5, 5.41) is 19.5. The van der Waals surface area contributed by atoms with Crippen LogP contribution in [-0.4, -0.2) is 23.8 Å². The van der Waals surface area contributed by atoms with E-state index < -0.39 is 5.41 Å². The molecule has 0 spiro atoms. The van der Waals surface area contributed by atoms with Crippen molar-refractivity contribution in [2.45, 2.75) is 60.3 Å². The first-order chi connectivity index (χ1) is 11.1. The highest BCUT2D eigenvalue weighted by Crippen LogP contribution is 2.45. The lowest BCUT2D eigenvalue weighted by Gasteiger charge is -2.37. The van der Waals surface area contributed by atoms with Crippen LogP contribution < -0.4 is 0 Å². The Balaban J connectivity index is 2.67. The topological polar surface area (TPSA) is 67.9 Å². The van der Waals surface area contributed by atoms with Gasteiger partial charge in [-0.15, -0.1) is 0 Å². The zero-order chi connectivity index (χ0) is 18.1. The van der Waals surface area contributed by atoms with Crippen LogP contribution in [0.15, 0.2) is 22.4 Å². The number of carbonyl (C=O) groups excluding carboxylic acids is 1. The van der Waals surface area contributed by atoms with Crippen LogP contribution in [0.25, 0.3) is 0 Å². The SMILES string of the molecule is CC1(C)CC(N2CCCC2)=C(C#N)/C(=C(\C#N)C(=O)C(C)(C)C)C1. The van der Waals surface area contributed by atoms with Crippen molar-refractivity contribution in [3.63, 3.8) is 0 Å². The first-order valence-corrected chi connectivity index (χ1v) is 8.67. The summed E-state index contributed by atoms with van der Waals surface area (Å²) in [5.41, 5.74) is 1.71. The predicted molar refractivity (Wildman–Crippen MR) is 93.6 cm³/mol. The molecule has 2 aliphatic rings. The molecule has 0 aromatic heterocycles. The number of carbonyl (C=O) groups is 1. The van der Waals surface area contributed by atoms with E-state index in [1.165, 1.54) is 0 Å². The summed E-state index contributed by atoms with van der Waals surface area (Å²) in [6.07, 6.45) is 3.68. The average Bonchev–Trinajstić information content (AvgIpc) is 2.99. The van der Waals surface area contributed by atoms with Gasteiger partial charge in [0.25, 0.3) is 0 Å². The third-order valence-corrected chi connectivity index (χ3v) is 4.81. The molecule has 0 atom stereocenters. The minimum absolute atomic E-state index is 0.0616. The molecule has 0 saturated carbocycles. The number of rotatable bonds is 2. The number of allylic oxidation sites excluding steroid dienone is 4. The fraction of sp³-hybridized carbons (Fsp3) is 0.650. The van der Waals surface area contributed by atoms with Crippen molar-refractivity contribution >= 4 is 5.78 Å². The van der Waals surface area contributed by atoms with Crippen LogP contribution in [0.1, 0.15) is 60.3 Å². The van der Waals surface area contributed by atoms with Gasteiger partial charge in [0.2, 0.25) is 0 Å². The van der Waals surface area contributed by atoms with Crippen molar-refractivity contribution in [2.75, 3.05) is 13.1 Å². The molecule has 2 rings (SSSR count). The van der Waals surface area contributed by atoms with Crippen LogP contribution >= 0.6 is 0 Å². The van der Waals surface area contributed by atoms with Crippen molar-refractivity contribution < 1.29 is 4.79 Å². The Bertz CT molecular complexity index is 684. The van der Waals surface area contributed by atoms with E-state index in [0.29, 0.717) is 17.6 Å². The van der Waals surface area contributed by atoms with Gasteiger partial charge in [-0.3, -0.25) is 4.79 Å². The highest BCUT2D eigenvalue weighted by Gasteiger charge is 2.38. The Morgan fingerprint density at radius 1 is 1.12 bits per heavy atom. The minimum atomic E-state index is -0.631. The molecule has 1 aliphatic heterocycles. The monoisotopic (exact) mass is 325 g/mol. The second kappa shape index (κ2) is 6.44. The van der Waals surface area contributed by atoms with E-state index in [0.717, 1.165) is 38.0 Å². The lowest BCUT2D eigenvalue weighted by molar-refractivity contribution is -0.122. The molecule has 1 aliphatic carbocycles. The number of nitrogens with zero attached hydrogens (tertiary/aromatic N) is 3. The first-order valence-electron chi connectivity index (χ1n) is 8.67. The van der Waals surface area contributed by atoms with Gasteiger partial charge in [-0.05, 0) is 36.7 Å². The maximum atomic E-state index is 12.8. The number of likely N-dealkylation sites (tertiary alicyclic amines) is 1. The molecule has 4 heteroatoms. The van der Waals surface area contributed by atoms with Gasteiger partial charge in [0.15, 0.2) is 5.78 Å². The lowest BCUT2D eigenvalue weighted by Crippen LogP contribution is -2.31. The predicted octanol–water partition coefficient (Wildman–Crippen LogP) is 4.12. The molecule has 0 unspecified atom stereocenters. The molecule has 1 saturated heterocycles. The van der Waals surface area contributed by atoms with Crippen molar-refractivity contribution in [3.05, 3.63) is 22.4 Å². The fourth-order valence-corrected chi connectivity index (χ4v) is 3.58. The fourth-order valence-electron chi connectivity index (χ4n) is 3.58. The number of nitriles is 2. The summed E-state index contributed by atoms with van der Waals surface area (Å²) in [7, 11) is 0. The van der Waals surface area contributed by atoms with Crippen LogP contribution in [0.5, 0.6) is 0 Å². The summed E-state index contributed by atoms with van der Waals surface area (Å²) < 4.78 is 0. The van der Waals surface area contributed by atoms with Crippen molar-refractivity contribution in [1.82, 2.24) is 4.90 Å². The summed E-state index contributed by atoms with van der Waals surface area (Å²) in [4.78, 5) is 15.0. The number of ketones is 1. The smallest absolute Gasteiger partial charge is 0.178 e. The highest BCUT2D eigenvalue weighted by atomic mass is 16.1. The molecule has 1 fully saturated rings. The molecule has 0 aromatic carbocycles. The summed E-state index contributed by atoms with van der Waals surface area (Å²) in [6.45, 7) is 11.7. The van der Waals surface area contributed by atoms with Gasteiger partial charge in [0.1, 0.15) is 17.7 Å². The van der Waals surface area contributed by atoms with E-state index in [2.05, 4.69) is 30.9 Å². The Kier molecular flexibility index (Phi) is 4.90. The molecule has 0 bridgehead atoms. The van der Waals surface area contributed by atoms with Gasteiger partial charge in [-0.25, -0.2) is 0 Å². The van der Waals surface area contributed by atoms with Gasteiger partial charge in [0, 0.05) is 24.2 Å². The Morgan fingerprint density at radius 2 is 1.71 bits per heavy atom. The van der Waals surface area contributed by atoms with Crippen LogP contribution in [-0.2, 0) is 4.79 Å². The molecule has 1 heterocycles. The third-order valence-electron chi connectivity index (χ3n) is 4.81. The summed E-state index contributed by atoms with van der Waals surface area (Å²) in [5.74, 6) is -0.175. The van der Waals surface area contributed by atoms with E-state index >= 15 is 0 Å². The van der Waals surface area contributed by atoms with Crippen molar-refractivity contribution in [3.8, 4) is 12.1 Å². The lowest BCUT2D eigenvalue weighted by atomic mass is 9.71. The second-order valence-electron chi connectivity index (χ2n) is 8.69. The van der Waals surface area contributed by atoms with Gasteiger partial charge in [-0.2, -0.15) is 10.5 Å². The molecular weight excluding hydrogens is 298 g/mol. The summed E-state index contributed by atoms with van der Waals surface area (Å²) >= 11 is 0. The normalized spacial score (nSPS) is 22.9. The van der Waals surface area contributed by atoms with Crippen LogP contribution in [0.2, 0.25) is 0 Å². The maximum Gasteiger partial charge on any atom is 0.178 e. The molecular formula is C20H27N3O. The Hall–Kier alpha value is -2.07. The second-order valence-corrected chi connectivity index (χ2v) is 8.69. The van der Waals surface area contributed by atoms with Crippen LogP contribution in [0, 0.1) is 33.5 Å². The van der Waals surface area contributed by atoms with Crippen LogP contribution in [0.3, 0.4) is 0 Å².